The highest BCUT2D eigenvalue weighted by Gasteiger charge is 2.12. The summed E-state index contributed by atoms with van der Waals surface area (Å²) in [6.45, 7) is 0.267. The number of hydrogen-bond donors (Lipinski definition) is 4. The molecule has 0 aliphatic carbocycles. The number of nitrogen functional groups attached to an aromatic ring is 1. The van der Waals surface area contributed by atoms with Gasteiger partial charge < -0.3 is 11.1 Å². The quantitative estimate of drug-likeness (QED) is 0.646. The van der Waals surface area contributed by atoms with Crippen molar-refractivity contribution in [3.05, 3.63) is 49.9 Å². The maximum atomic E-state index is 12.9. The summed E-state index contributed by atoms with van der Waals surface area (Å²) in [5.41, 5.74) is 4.46. The molecule has 0 saturated carbocycles. The minimum atomic E-state index is -1.38. The van der Waals surface area contributed by atoms with Crippen molar-refractivity contribution in [2.45, 2.75) is 6.54 Å². The molecule has 1 heterocycles. The fourth-order valence-corrected chi connectivity index (χ4v) is 1.89. The van der Waals surface area contributed by atoms with E-state index in [0.29, 0.717) is 10.0 Å². The molecule has 0 amide bonds. The van der Waals surface area contributed by atoms with Gasteiger partial charge in [-0.05, 0) is 17.7 Å². The Morgan fingerprint density at radius 3 is 2.76 bits per heavy atom. The maximum absolute atomic E-state index is 12.9. The van der Waals surface area contributed by atoms with Crippen molar-refractivity contribution >= 4 is 40.8 Å². The van der Waals surface area contributed by atoms with Gasteiger partial charge in [-0.3, -0.25) is 15.2 Å². The number of H-pyrrole nitrogens is 1. The zero-order chi connectivity index (χ0) is 15.6. The first-order valence-corrected chi connectivity index (χ1v) is 6.46. The van der Waals surface area contributed by atoms with Crippen molar-refractivity contribution in [2.24, 2.45) is 0 Å². The number of nitrogens with one attached hydrogen (secondary N) is 3. The zero-order valence-electron chi connectivity index (χ0n) is 10.5. The van der Waals surface area contributed by atoms with Crippen LogP contribution in [-0.4, -0.2) is 15.9 Å². The topological polar surface area (TPSA) is 108 Å². The van der Waals surface area contributed by atoms with E-state index in [2.05, 4.69) is 15.3 Å². The van der Waals surface area contributed by atoms with E-state index in [1.54, 1.807) is 18.2 Å². The lowest BCUT2D eigenvalue weighted by molar-refractivity contribution is 0.789. The molecule has 0 aliphatic rings. The van der Waals surface area contributed by atoms with E-state index in [4.69, 9.17) is 34.3 Å². The Morgan fingerprint density at radius 2 is 2.14 bits per heavy atom. The van der Waals surface area contributed by atoms with Crippen molar-refractivity contribution in [1.82, 2.24) is 9.97 Å². The second-order valence-corrected chi connectivity index (χ2v) is 4.91. The number of hydrogen-bond acceptors (Lipinski definition) is 5. The number of halogens is 3. The molecule has 110 valence electrons. The molecule has 0 bridgehead atoms. The molecule has 0 saturated heterocycles. The van der Waals surface area contributed by atoms with Crippen LogP contribution >= 0.6 is 23.2 Å². The average molecular weight is 330 g/mol. The third-order valence-electron chi connectivity index (χ3n) is 2.61. The number of nitrogens with two attached hydrogens (primary N) is 1. The van der Waals surface area contributed by atoms with Crippen LogP contribution in [0.5, 0.6) is 0 Å². The van der Waals surface area contributed by atoms with Gasteiger partial charge in [0.05, 0.1) is 10.0 Å². The van der Waals surface area contributed by atoms with Gasteiger partial charge in [-0.2, -0.15) is 4.39 Å². The minimum Gasteiger partial charge on any atom is -0.392 e. The molecule has 6 nitrogen and oxygen atoms in total. The number of benzene rings is 1. The van der Waals surface area contributed by atoms with Crippen LogP contribution in [0.15, 0.2) is 23.0 Å². The van der Waals surface area contributed by atoms with Gasteiger partial charge in [-0.25, -0.2) is 4.98 Å². The third-order valence-corrected chi connectivity index (χ3v) is 3.35. The van der Waals surface area contributed by atoms with Crippen LogP contribution in [-0.2, 0) is 6.54 Å². The molecule has 2 aromatic rings. The van der Waals surface area contributed by atoms with E-state index >= 15 is 0 Å². The first kappa shape index (κ1) is 15.3. The van der Waals surface area contributed by atoms with E-state index in [0.717, 1.165) is 5.56 Å². The number of anilines is 2. The molecule has 0 spiro atoms. The lowest BCUT2D eigenvalue weighted by atomic mass is 10.2. The van der Waals surface area contributed by atoms with Gasteiger partial charge in [-0.1, -0.05) is 29.3 Å². The standard InChI is InChI=1S/C12H10Cl2FN5O/c13-6-2-1-5(3-7(6)14)4-18-12-19-9(10(15)17)8(16)11(21)20-12/h1-3,17H,4,16H2,(H2,18,19,20,21). The number of aromatic amines is 1. The molecule has 1 aromatic heterocycles. The normalized spacial score (nSPS) is 10.4. The van der Waals surface area contributed by atoms with Gasteiger partial charge in [0.15, 0.2) is 0 Å². The molecule has 0 aliphatic heterocycles. The Hall–Kier alpha value is -2.12. The molecule has 0 unspecified atom stereocenters. The molecule has 0 radical (unpaired) electrons. The van der Waals surface area contributed by atoms with Crippen molar-refractivity contribution < 1.29 is 4.39 Å². The summed E-state index contributed by atoms with van der Waals surface area (Å²) in [4.78, 5) is 17.6. The summed E-state index contributed by atoms with van der Waals surface area (Å²) in [6.07, 6.45) is 0. The van der Waals surface area contributed by atoms with E-state index < -0.39 is 22.9 Å². The van der Waals surface area contributed by atoms with Crippen LogP contribution in [0.1, 0.15) is 11.3 Å². The minimum absolute atomic E-state index is 0.00216. The van der Waals surface area contributed by atoms with Gasteiger partial charge in [0.25, 0.3) is 5.56 Å². The van der Waals surface area contributed by atoms with Crippen molar-refractivity contribution in [3.63, 3.8) is 0 Å². The first-order valence-electron chi connectivity index (χ1n) is 5.70. The molecule has 5 N–H and O–H groups in total. The summed E-state index contributed by atoms with van der Waals surface area (Å²) in [5, 5.41) is 10.5. The predicted molar refractivity (Wildman–Crippen MR) is 81.0 cm³/mol. The number of aromatic nitrogens is 2. The van der Waals surface area contributed by atoms with Crippen LogP contribution in [0.3, 0.4) is 0 Å². The highest BCUT2D eigenvalue weighted by atomic mass is 35.5. The van der Waals surface area contributed by atoms with Crippen LogP contribution < -0.4 is 16.6 Å². The van der Waals surface area contributed by atoms with Crippen LogP contribution in [0.25, 0.3) is 0 Å². The lowest BCUT2D eigenvalue weighted by Gasteiger charge is -2.08. The molecule has 21 heavy (non-hydrogen) atoms. The smallest absolute Gasteiger partial charge is 0.276 e. The van der Waals surface area contributed by atoms with Gasteiger partial charge in [0, 0.05) is 6.54 Å². The van der Waals surface area contributed by atoms with Crippen molar-refractivity contribution in [1.29, 1.82) is 5.41 Å². The van der Waals surface area contributed by atoms with E-state index in [9.17, 15) is 9.18 Å². The van der Waals surface area contributed by atoms with Crippen LogP contribution in [0, 0.1) is 5.41 Å². The van der Waals surface area contributed by atoms with E-state index in [1.165, 1.54) is 0 Å². The Morgan fingerprint density at radius 1 is 1.43 bits per heavy atom. The van der Waals surface area contributed by atoms with E-state index in [1.807, 2.05) is 0 Å². The summed E-state index contributed by atoms with van der Waals surface area (Å²) >= 11 is 11.7. The van der Waals surface area contributed by atoms with Crippen molar-refractivity contribution in [2.75, 3.05) is 11.1 Å². The summed E-state index contributed by atoms with van der Waals surface area (Å²) < 4.78 is 12.9. The molecule has 0 fully saturated rings. The second kappa shape index (κ2) is 6.11. The Labute approximate surface area is 128 Å². The lowest BCUT2D eigenvalue weighted by Crippen LogP contribution is -2.20. The Balaban J connectivity index is 2.22. The monoisotopic (exact) mass is 329 g/mol. The zero-order valence-corrected chi connectivity index (χ0v) is 12.0. The summed E-state index contributed by atoms with van der Waals surface area (Å²) in [7, 11) is 0. The third kappa shape index (κ3) is 3.50. The van der Waals surface area contributed by atoms with Gasteiger partial charge in [0.1, 0.15) is 11.4 Å². The molecular weight excluding hydrogens is 320 g/mol. The van der Waals surface area contributed by atoms with Crippen molar-refractivity contribution in [3.8, 4) is 0 Å². The predicted octanol–water partition coefficient (Wildman–Crippen LogP) is 2.57. The summed E-state index contributed by atoms with van der Waals surface area (Å²) in [5.74, 6) is -1.38. The van der Waals surface area contributed by atoms with Crippen LogP contribution in [0.2, 0.25) is 10.0 Å². The second-order valence-electron chi connectivity index (χ2n) is 4.09. The largest absolute Gasteiger partial charge is 0.392 e. The van der Waals surface area contributed by atoms with E-state index in [-0.39, 0.29) is 12.5 Å². The van der Waals surface area contributed by atoms with Gasteiger partial charge in [0.2, 0.25) is 11.9 Å². The number of nitrogens with zero attached hydrogens (tertiary/aromatic N) is 1. The SMILES string of the molecule is N=C(F)c1nc(NCc2ccc(Cl)c(Cl)c2)[nH]c(=O)c1N. The molecule has 0 atom stereocenters. The van der Waals surface area contributed by atoms with Gasteiger partial charge in [-0.15, -0.1) is 0 Å². The molecule has 2 rings (SSSR count). The highest BCUT2D eigenvalue weighted by Crippen LogP contribution is 2.22. The molecule has 9 heteroatoms. The Bertz CT molecular complexity index is 762. The maximum Gasteiger partial charge on any atom is 0.276 e. The average Bonchev–Trinajstić information content (AvgIpc) is 2.43. The van der Waals surface area contributed by atoms with Crippen LogP contribution in [0.4, 0.5) is 16.0 Å². The summed E-state index contributed by atoms with van der Waals surface area (Å²) in [6, 6.07) is 5.00. The number of rotatable bonds is 4. The first-order chi connectivity index (χ1) is 9.88. The molecular formula is C12H10Cl2FN5O. The molecule has 1 aromatic carbocycles. The highest BCUT2D eigenvalue weighted by molar-refractivity contribution is 6.42. The Kier molecular flexibility index (Phi) is 4.44. The fraction of sp³-hybridized carbons (Fsp3) is 0.0833. The fourth-order valence-electron chi connectivity index (χ4n) is 1.57. The van der Waals surface area contributed by atoms with Gasteiger partial charge >= 0.3 is 0 Å².